The number of nitrogens with two attached hydrogens (primary N) is 1. The van der Waals surface area contributed by atoms with Crippen LogP contribution in [0.1, 0.15) is 58.1 Å². The lowest BCUT2D eigenvalue weighted by Crippen LogP contribution is -2.40. The number of guanidine groups is 1. The molecule has 32 heavy (non-hydrogen) atoms. The van der Waals surface area contributed by atoms with E-state index in [1.807, 2.05) is 45.0 Å². The summed E-state index contributed by atoms with van der Waals surface area (Å²) in [5.74, 6) is 1.35. The Balaban J connectivity index is 1.72. The van der Waals surface area contributed by atoms with Gasteiger partial charge in [0, 0.05) is 19.0 Å². The fourth-order valence-corrected chi connectivity index (χ4v) is 3.80. The number of nitrogens with one attached hydrogen (secondary N) is 2. The number of carbonyl (C=O) groups excluding carboxylic acids is 1. The molecule has 1 fully saturated rings. The highest BCUT2D eigenvalue weighted by Crippen LogP contribution is 2.20. The summed E-state index contributed by atoms with van der Waals surface area (Å²) in [6.07, 6.45) is 3.26. The third kappa shape index (κ3) is 9.44. The quantitative estimate of drug-likeness (QED) is 0.222. The SMILES string of the molecule is CCNC(=NCC(O)c1cccc(OC(C)C)c1)NCCCCN1CCC(C(N)=O)CC1. The van der Waals surface area contributed by atoms with Crippen LogP contribution < -0.4 is 21.1 Å². The summed E-state index contributed by atoms with van der Waals surface area (Å²) in [6, 6.07) is 7.54. The summed E-state index contributed by atoms with van der Waals surface area (Å²) in [6.45, 7) is 10.8. The first-order valence-corrected chi connectivity index (χ1v) is 11.9. The molecule has 0 aromatic heterocycles. The fraction of sp³-hybridized carbons (Fsp3) is 0.667. The standard InChI is InChI=1S/C24H41N5O3/c1-4-26-24(27-12-5-6-13-29-14-10-19(11-15-29)23(25)31)28-17-22(30)20-8-7-9-21(16-20)32-18(2)3/h7-9,16,18-19,22,30H,4-6,10-15,17H2,1-3H3,(H2,25,31)(H2,26,27,28). The summed E-state index contributed by atoms with van der Waals surface area (Å²) < 4.78 is 5.71. The van der Waals surface area contributed by atoms with Gasteiger partial charge in [0.05, 0.1) is 18.8 Å². The molecule has 1 aliphatic heterocycles. The van der Waals surface area contributed by atoms with Crippen molar-refractivity contribution in [1.82, 2.24) is 15.5 Å². The summed E-state index contributed by atoms with van der Waals surface area (Å²) in [5.41, 5.74) is 6.20. The van der Waals surface area contributed by atoms with Gasteiger partial charge in [0.25, 0.3) is 0 Å². The van der Waals surface area contributed by atoms with Crippen LogP contribution in [-0.2, 0) is 4.79 Å². The molecule has 1 unspecified atom stereocenters. The number of aliphatic imine (C=N–C) groups is 1. The molecule has 1 atom stereocenters. The van der Waals surface area contributed by atoms with Crippen molar-refractivity contribution in [3.8, 4) is 5.75 Å². The van der Waals surface area contributed by atoms with Crippen molar-refractivity contribution in [2.45, 2.75) is 58.7 Å². The number of primary amides is 1. The average Bonchev–Trinajstić information content (AvgIpc) is 2.77. The zero-order valence-electron chi connectivity index (χ0n) is 19.8. The van der Waals surface area contributed by atoms with E-state index in [-0.39, 0.29) is 24.5 Å². The molecular formula is C24H41N5O3. The van der Waals surface area contributed by atoms with Gasteiger partial charge >= 0.3 is 0 Å². The second-order valence-electron chi connectivity index (χ2n) is 8.63. The third-order valence-electron chi connectivity index (χ3n) is 5.56. The molecule has 8 heteroatoms. The Hall–Kier alpha value is -2.32. The van der Waals surface area contributed by atoms with Crippen molar-refractivity contribution in [2.24, 2.45) is 16.6 Å². The maximum Gasteiger partial charge on any atom is 0.220 e. The van der Waals surface area contributed by atoms with Crippen LogP contribution in [0.15, 0.2) is 29.3 Å². The van der Waals surface area contributed by atoms with Gasteiger partial charge in [-0.15, -0.1) is 0 Å². The lowest BCUT2D eigenvalue weighted by Gasteiger charge is -2.30. The number of likely N-dealkylation sites (tertiary alicyclic amines) is 1. The zero-order valence-corrected chi connectivity index (χ0v) is 19.8. The largest absolute Gasteiger partial charge is 0.491 e. The molecule has 1 aromatic carbocycles. The molecule has 5 N–H and O–H groups in total. The van der Waals surface area contributed by atoms with Gasteiger partial charge in [0.15, 0.2) is 5.96 Å². The second kappa shape index (κ2) is 14.0. The van der Waals surface area contributed by atoms with E-state index < -0.39 is 6.10 Å². The van der Waals surface area contributed by atoms with Gasteiger partial charge in [0.1, 0.15) is 5.75 Å². The smallest absolute Gasteiger partial charge is 0.220 e. The number of rotatable bonds is 12. The van der Waals surface area contributed by atoms with Crippen LogP contribution in [0.5, 0.6) is 5.75 Å². The van der Waals surface area contributed by atoms with Crippen LogP contribution in [0.3, 0.4) is 0 Å². The summed E-state index contributed by atoms with van der Waals surface area (Å²) in [5, 5.41) is 17.1. The molecule has 180 valence electrons. The van der Waals surface area contributed by atoms with Gasteiger partial charge in [-0.25, -0.2) is 0 Å². The molecule has 0 radical (unpaired) electrons. The van der Waals surface area contributed by atoms with Crippen molar-refractivity contribution in [1.29, 1.82) is 0 Å². The molecule has 0 spiro atoms. The number of aliphatic hydroxyl groups excluding tert-OH is 1. The van der Waals surface area contributed by atoms with E-state index in [9.17, 15) is 9.90 Å². The number of hydrogen-bond acceptors (Lipinski definition) is 5. The number of aliphatic hydroxyl groups is 1. The van der Waals surface area contributed by atoms with Crippen LogP contribution in [0, 0.1) is 5.92 Å². The molecular weight excluding hydrogens is 406 g/mol. The van der Waals surface area contributed by atoms with Crippen molar-refractivity contribution < 1.29 is 14.6 Å². The van der Waals surface area contributed by atoms with Gasteiger partial charge in [-0.3, -0.25) is 9.79 Å². The minimum atomic E-state index is -0.690. The Labute approximate surface area is 192 Å². The summed E-state index contributed by atoms with van der Waals surface area (Å²) >= 11 is 0. The maximum atomic E-state index is 11.3. The summed E-state index contributed by atoms with van der Waals surface area (Å²) in [4.78, 5) is 18.2. The number of benzene rings is 1. The molecule has 1 amide bonds. The Morgan fingerprint density at radius 1 is 1.28 bits per heavy atom. The molecule has 8 nitrogen and oxygen atoms in total. The van der Waals surface area contributed by atoms with Crippen LogP contribution in [0.25, 0.3) is 0 Å². The predicted molar refractivity (Wildman–Crippen MR) is 129 cm³/mol. The molecule has 1 heterocycles. The van der Waals surface area contributed by atoms with Crippen LogP contribution >= 0.6 is 0 Å². The van der Waals surface area contributed by atoms with E-state index in [1.165, 1.54) is 0 Å². The minimum absolute atomic E-state index is 0.0485. The van der Waals surface area contributed by atoms with Crippen LogP contribution in [0.4, 0.5) is 0 Å². The Morgan fingerprint density at radius 3 is 2.69 bits per heavy atom. The van der Waals surface area contributed by atoms with Crippen LogP contribution in [-0.4, -0.2) is 67.2 Å². The average molecular weight is 448 g/mol. The molecule has 1 saturated heterocycles. The van der Waals surface area contributed by atoms with Crippen molar-refractivity contribution in [3.63, 3.8) is 0 Å². The van der Waals surface area contributed by atoms with E-state index in [1.54, 1.807) is 0 Å². The van der Waals surface area contributed by atoms with Crippen molar-refractivity contribution in [2.75, 3.05) is 39.3 Å². The highest BCUT2D eigenvalue weighted by molar-refractivity contribution is 5.79. The van der Waals surface area contributed by atoms with Gasteiger partial charge in [0.2, 0.25) is 5.91 Å². The van der Waals surface area contributed by atoms with Crippen LogP contribution in [0.2, 0.25) is 0 Å². The highest BCUT2D eigenvalue weighted by Gasteiger charge is 2.22. The number of hydrogen-bond donors (Lipinski definition) is 4. The minimum Gasteiger partial charge on any atom is -0.491 e. The highest BCUT2D eigenvalue weighted by atomic mass is 16.5. The molecule has 0 aliphatic carbocycles. The normalized spacial score (nSPS) is 16.7. The monoisotopic (exact) mass is 447 g/mol. The Kier molecular flexibility index (Phi) is 11.3. The number of amides is 1. The molecule has 0 saturated carbocycles. The third-order valence-corrected chi connectivity index (χ3v) is 5.56. The number of unbranched alkanes of at least 4 members (excludes halogenated alkanes) is 1. The van der Waals surface area contributed by atoms with E-state index in [0.717, 1.165) is 69.7 Å². The lowest BCUT2D eigenvalue weighted by atomic mass is 9.96. The first-order valence-electron chi connectivity index (χ1n) is 11.9. The lowest BCUT2D eigenvalue weighted by molar-refractivity contribution is -0.123. The van der Waals surface area contributed by atoms with Crippen molar-refractivity contribution in [3.05, 3.63) is 29.8 Å². The van der Waals surface area contributed by atoms with Crippen molar-refractivity contribution >= 4 is 11.9 Å². The fourth-order valence-electron chi connectivity index (χ4n) is 3.80. The first kappa shape index (κ1) is 25.9. The van der Waals surface area contributed by atoms with E-state index in [2.05, 4.69) is 20.5 Å². The molecule has 0 bridgehead atoms. The molecule has 2 rings (SSSR count). The zero-order chi connectivity index (χ0) is 23.3. The number of nitrogens with zero attached hydrogens (tertiary/aromatic N) is 2. The summed E-state index contributed by atoms with van der Waals surface area (Å²) in [7, 11) is 0. The molecule has 1 aromatic rings. The predicted octanol–water partition coefficient (Wildman–Crippen LogP) is 2.04. The first-order chi connectivity index (χ1) is 15.4. The second-order valence-corrected chi connectivity index (χ2v) is 8.63. The van der Waals surface area contributed by atoms with Gasteiger partial charge in [-0.2, -0.15) is 0 Å². The van der Waals surface area contributed by atoms with E-state index in [4.69, 9.17) is 10.5 Å². The number of carbonyl (C=O) groups is 1. The Bertz CT molecular complexity index is 717. The molecule has 1 aliphatic rings. The van der Waals surface area contributed by atoms with Gasteiger partial charge < -0.3 is 31.1 Å². The van der Waals surface area contributed by atoms with Gasteiger partial charge in [-0.05, 0) is 83.8 Å². The van der Waals surface area contributed by atoms with E-state index in [0.29, 0.717) is 5.96 Å². The van der Waals surface area contributed by atoms with Gasteiger partial charge in [-0.1, -0.05) is 12.1 Å². The van der Waals surface area contributed by atoms with E-state index >= 15 is 0 Å². The number of ether oxygens (including phenoxy) is 1. The maximum absolute atomic E-state index is 11.3. The number of piperidine rings is 1. The topological polar surface area (TPSA) is 112 Å². The Morgan fingerprint density at radius 2 is 2.03 bits per heavy atom.